The van der Waals surface area contributed by atoms with Crippen LogP contribution >= 0.6 is 0 Å². The van der Waals surface area contributed by atoms with Crippen LogP contribution in [0.4, 0.5) is 11.6 Å². The van der Waals surface area contributed by atoms with Gasteiger partial charge in [-0.2, -0.15) is 0 Å². The van der Waals surface area contributed by atoms with E-state index in [1.54, 1.807) is 0 Å². The summed E-state index contributed by atoms with van der Waals surface area (Å²) in [6.07, 6.45) is 6.03. The number of aliphatic hydroxyl groups is 1. The molecule has 0 bridgehead atoms. The van der Waals surface area contributed by atoms with Gasteiger partial charge in [0.15, 0.2) is 0 Å². The van der Waals surface area contributed by atoms with Crippen molar-refractivity contribution >= 4 is 11.6 Å². The normalized spacial score (nSPS) is 20.4. The standard InChI is InChI=1S/C24H32N4O2/c1-23(2,30)15-28-16-24(18-8-4-6-10-20(18)28)11-13-27(14-12-24)22-25-19-9-5-3-7-17(19)21(29)26-22/h4,6,8,10,30H,3,5,7,9,11-16H2,1-2H3,(H,25,26,29). The Morgan fingerprint density at radius 2 is 1.90 bits per heavy atom. The second-order valence-corrected chi connectivity index (χ2v) is 9.97. The van der Waals surface area contributed by atoms with Gasteiger partial charge in [-0.3, -0.25) is 9.78 Å². The number of aromatic amines is 1. The SMILES string of the molecule is CC(C)(O)CN1CC2(CCN(c3nc4c(c(=O)[nH]3)CCCC4)CC2)c2ccccc21. The van der Waals surface area contributed by atoms with Gasteiger partial charge in [0.1, 0.15) is 0 Å². The largest absolute Gasteiger partial charge is 0.389 e. The van der Waals surface area contributed by atoms with E-state index in [9.17, 15) is 9.90 Å². The zero-order valence-corrected chi connectivity index (χ0v) is 18.1. The first-order chi connectivity index (χ1) is 14.3. The highest BCUT2D eigenvalue weighted by atomic mass is 16.3. The number of nitrogens with zero attached hydrogens (tertiary/aromatic N) is 3. The third kappa shape index (κ3) is 3.41. The van der Waals surface area contributed by atoms with Gasteiger partial charge in [0.05, 0.1) is 11.3 Å². The maximum atomic E-state index is 12.6. The number of β-amino-alcohol motifs (C(OH)–C–C–N with tert-alkyl or cyclic N) is 1. The number of nitrogens with one attached hydrogen (secondary N) is 1. The number of hydrogen-bond acceptors (Lipinski definition) is 5. The van der Waals surface area contributed by atoms with E-state index in [0.717, 1.165) is 75.4 Å². The van der Waals surface area contributed by atoms with Crippen molar-refractivity contribution < 1.29 is 5.11 Å². The van der Waals surface area contributed by atoms with Crippen LogP contribution in [0.25, 0.3) is 0 Å². The monoisotopic (exact) mass is 408 g/mol. The van der Waals surface area contributed by atoms with Crippen molar-refractivity contribution in [3.63, 3.8) is 0 Å². The van der Waals surface area contributed by atoms with Crippen LogP contribution in [0.3, 0.4) is 0 Å². The number of aromatic nitrogens is 2. The van der Waals surface area contributed by atoms with Crippen molar-refractivity contribution in [1.29, 1.82) is 0 Å². The molecule has 0 radical (unpaired) electrons. The molecule has 6 heteroatoms. The quantitative estimate of drug-likeness (QED) is 0.817. The lowest BCUT2D eigenvalue weighted by Gasteiger charge is -2.40. The minimum Gasteiger partial charge on any atom is -0.389 e. The van der Waals surface area contributed by atoms with Crippen LogP contribution in [0.5, 0.6) is 0 Å². The average Bonchev–Trinajstić information content (AvgIpc) is 3.00. The van der Waals surface area contributed by atoms with Crippen LogP contribution in [0.15, 0.2) is 29.1 Å². The molecule has 1 aromatic heterocycles. The van der Waals surface area contributed by atoms with E-state index in [1.165, 1.54) is 11.3 Å². The zero-order valence-electron chi connectivity index (χ0n) is 18.1. The number of aryl methyl sites for hydroxylation is 1. The molecule has 0 unspecified atom stereocenters. The van der Waals surface area contributed by atoms with E-state index in [1.807, 2.05) is 13.8 Å². The van der Waals surface area contributed by atoms with E-state index < -0.39 is 5.60 Å². The van der Waals surface area contributed by atoms with Gasteiger partial charge in [-0.1, -0.05) is 18.2 Å². The van der Waals surface area contributed by atoms with Crippen LogP contribution in [0.2, 0.25) is 0 Å². The summed E-state index contributed by atoms with van der Waals surface area (Å²) in [7, 11) is 0. The molecule has 0 saturated carbocycles. The molecule has 0 atom stereocenters. The van der Waals surface area contributed by atoms with Gasteiger partial charge in [-0.05, 0) is 64.0 Å². The number of piperidine rings is 1. The number of anilines is 2. The van der Waals surface area contributed by atoms with Crippen molar-refractivity contribution in [2.75, 3.05) is 36.0 Å². The van der Waals surface area contributed by atoms with Crippen LogP contribution in [-0.2, 0) is 18.3 Å². The molecule has 6 nitrogen and oxygen atoms in total. The van der Waals surface area contributed by atoms with Gasteiger partial charge in [-0.15, -0.1) is 0 Å². The molecule has 5 rings (SSSR count). The summed E-state index contributed by atoms with van der Waals surface area (Å²) in [4.78, 5) is 25.1. The predicted octanol–water partition coefficient (Wildman–Crippen LogP) is 2.78. The Kier molecular flexibility index (Phi) is 4.65. The minimum absolute atomic E-state index is 0.0533. The Labute approximate surface area is 177 Å². The molecule has 1 fully saturated rings. The Balaban J connectivity index is 1.38. The number of H-pyrrole nitrogens is 1. The molecule has 1 saturated heterocycles. The summed E-state index contributed by atoms with van der Waals surface area (Å²) in [6, 6.07) is 8.66. The first-order valence-corrected chi connectivity index (χ1v) is 11.3. The van der Waals surface area contributed by atoms with E-state index in [0.29, 0.717) is 6.54 Å². The molecule has 2 aliphatic heterocycles. The minimum atomic E-state index is -0.730. The molecule has 160 valence electrons. The number of para-hydroxylation sites is 1. The maximum Gasteiger partial charge on any atom is 0.255 e. The van der Waals surface area contributed by atoms with E-state index in [2.05, 4.69) is 39.0 Å². The van der Waals surface area contributed by atoms with E-state index >= 15 is 0 Å². The molecule has 30 heavy (non-hydrogen) atoms. The fraction of sp³-hybridized carbons (Fsp3) is 0.583. The molecule has 1 aliphatic carbocycles. The van der Waals surface area contributed by atoms with Crippen molar-refractivity contribution in [2.45, 2.75) is 63.4 Å². The number of benzene rings is 1. The molecular weight excluding hydrogens is 376 g/mol. The fourth-order valence-corrected chi connectivity index (χ4v) is 5.66. The molecule has 1 spiro atoms. The van der Waals surface area contributed by atoms with Crippen molar-refractivity contribution in [1.82, 2.24) is 9.97 Å². The number of hydrogen-bond donors (Lipinski definition) is 2. The maximum absolute atomic E-state index is 12.6. The van der Waals surface area contributed by atoms with Crippen LogP contribution < -0.4 is 15.4 Å². The van der Waals surface area contributed by atoms with Crippen LogP contribution in [0.1, 0.15) is 56.4 Å². The highest BCUT2D eigenvalue weighted by molar-refractivity contribution is 5.63. The Morgan fingerprint density at radius 1 is 1.17 bits per heavy atom. The summed E-state index contributed by atoms with van der Waals surface area (Å²) < 4.78 is 0. The fourth-order valence-electron chi connectivity index (χ4n) is 5.66. The summed E-state index contributed by atoms with van der Waals surface area (Å²) in [6.45, 7) is 7.09. The van der Waals surface area contributed by atoms with E-state index in [-0.39, 0.29) is 11.0 Å². The molecule has 3 aliphatic rings. The molecule has 0 amide bonds. The number of rotatable bonds is 3. The van der Waals surface area contributed by atoms with Crippen molar-refractivity contribution in [3.8, 4) is 0 Å². The van der Waals surface area contributed by atoms with Gasteiger partial charge in [0, 0.05) is 42.8 Å². The van der Waals surface area contributed by atoms with Gasteiger partial charge in [0.2, 0.25) is 5.95 Å². The molecule has 2 aromatic rings. The highest BCUT2D eigenvalue weighted by Gasteiger charge is 2.45. The Bertz CT molecular complexity index is 999. The van der Waals surface area contributed by atoms with Crippen LogP contribution in [0, 0.1) is 0 Å². The average molecular weight is 409 g/mol. The highest BCUT2D eigenvalue weighted by Crippen LogP contribution is 2.47. The lowest BCUT2D eigenvalue weighted by molar-refractivity contribution is 0.0867. The predicted molar refractivity (Wildman–Crippen MR) is 120 cm³/mol. The molecule has 3 heterocycles. The summed E-state index contributed by atoms with van der Waals surface area (Å²) >= 11 is 0. The first kappa shape index (κ1) is 19.6. The third-order valence-electron chi connectivity index (χ3n) is 7.09. The first-order valence-electron chi connectivity index (χ1n) is 11.3. The Morgan fingerprint density at radius 3 is 2.67 bits per heavy atom. The lowest BCUT2D eigenvalue weighted by Crippen LogP contribution is -2.47. The second kappa shape index (κ2) is 7.12. The summed E-state index contributed by atoms with van der Waals surface area (Å²) in [5.41, 5.74) is 3.98. The Hall–Kier alpha value is -2.34. The second-order valence-electron chi connectivity index (χ2n) is 9.97. The molecular formula is C24H32N4O2. The topological polar surface area (TPSA) is 72.5 Å². The summed E-state index contributed by atoms with van der Waals surface area (Å²) in [5, 5.41) is 10.4. The van der Waals surface area contributed by atoms with E-state index in [4.69, 9.17) is 4.98 Å². The van der Waals surface area contributed by atoms with Gasteiger partial charge < -0.3 is 14.9 Å². The van der Waals surface area contributed by atoms with Gasteiger partial charge in [-0.25, -0.2) is 4.98 Å². The zero-order chi connectivity index (χ0) is 20.9. The molecule has 2 N–H and O–H groups in total. The van der Waals surface area contributed by atoms with Gasteiger partial charge >= 0.3 is 0 Å². The lowest BCUT2D eigenvalue weighted by atomic mass is 9.74. The molecule has 1 aromatic carbocycles. The van der Waals surface area contributed by atoms with Crippen molar-refractivity contribution in [3.05, 3.63) is 51.4 Å². The van der Waals surface area contributed by atoms with Crippen molar-refractivity contribution in [2.24, 2.45) is 0 Å². The van der Waals surface area contributed by atoms with Gasteiger partial charge in [0.25, 0.3) is 5.56 Å². The summed E-state index contributed by atoms with van der Waals surface area (Å²) in [5.74, 6) is 0.745. The number of fused-ring (bicyclic) bond motifs is 3. The third-order valence-corrected chi connectivity index (χ3v) is 7.09. The smallest absolute Gasteiger partial charge is 0.255 e. The van der Waals surface area contributed by atoms with Crippen LogP contribution in [-0.4, -0.2) is 46.9 Å².